The Hall–Kier alpha value is -1.42. The average molecular weight is 245 g/mol. The average Bonchev–Trinajstić information content (AvgIpc) is 2.77. The zero-order valence-corrected chi connectivity index (χ0v) is 10.6. The van der Waals surface area contributed by atoms with Gasteiger partial charge in [-0.1, -0.05) is 13.0 Å². The van der Waals surface area contributed by atoms with Gasteiger partial charge in [0.25, 0.3) is 0 Å². The fraction of sp³-hybridized carbons (Fsp3) is 0.385. The van der Waals surface area contributed by atoms with Gasteiger partial charge < -0.3 is 5.32 Å². The number of nitrogens with zero attached hydrogens (tertiary/aromatic N) is 2. The smallest absolute Gasteiger partial charge is 0.183 e. The molecule has 0 aliphatic heterocycles. The number of hydrogen-bond donors (Lipinski definition) is 1. The predicted octanol–water partition coefficient (Wildman–Crippen LogP) is 3.42. The van der Waals surface area contributed by atoms with Crippen LogP contribution in [0.2, 0.25) is 0 Å². The lowest BCUT2D eigenvalue weighted by atomic mass is 9.82. The van der Waals surface area contributed by atoms with Gasteiger partial charge in [0, 0.05) is 17.6 Å². The number of thiazole rings is 1. The van der Waals surface area contributed by atoms with Crippen LogP contribution >= 0.6 is 11.3 Å². The van der Waals surface area contributed by atoms with Crippen molar-refractivity contribution < 1.29 is 0 Å². The van der Waals surface area contributed by atoms with Crippen molar-refractivity contribution >= 4 is 16.5 Å². The molecule has 1 saturated carbocycles. The summed E-state index contributed by atoms with van der Waals surface area (Å²) in [5.41, 5.74) is 1.91. The SMILES string of the molecule is CC1CC(Nc2nc(-c3ccccn3)cs2)C1. The van der Waals surface area contributed by atoms with Crippen LogP contribution in [0.15, 0.2) is 29.8 Å². The molecule has 3 rings (SSSR count). The highest BCUT2D eigenvalue weighted by molar-refractivity contribution is 7.14. The van der Waals surface area contributed by atoms with Crippen LogP contribution in [0.3, 0.4) is 0 Å². The molecule has 1 fully saturated rings. The van der Waals surface area contributed by atoms with Crippen molar-refractivity contribution in [2.75, 3.05) is 5.32 Å². The molecule has 1 aliphatic rings. The van der Waals surface area contributed by atoms with Gasteiger partial charge >= 0.3 is 0 Å². The number of pyridine rings is 1. The number of rotatable bonds is 3. The second-order valence-corrected chi connectivity index (χ2v) is 5.53. The Morgan fingerprint density at radius 3 is 2.88 bits per heavy atom. The van der Waals surface area contributed by atoms with Crippen molar-refractivity contribution in [3.63, 3.8) is 0 Å². The van der Waals surface area contributed by atoms with E-state index in [-0.39, 0.29) is 0 Å². The molecule has 0 unspecified atom stereocenters. The lowest BCUT2D eigenvalue weighted by Gasteiger charge is -2.33. The van der Waals surface area contributed by atoms with Crippen LogP contribution < -0.4 is 5.32 Å². The maximum atomic E-state index is 4.57. The molecule has 2 aromatic rings. The minimum atomic E-state index is 0.618. The van der Waals surface area contributed by atoms with Crippen molar-refractivity contribution in [3.8, 4) is 11.4 Å². The molecule has 88 valence electrons. The standard InChI is InChI=1S/C13H15N3S/c1-9-6-10(7-9)15-13-16-12(8-17-13)11-4-2-3-5-14-11/h2-5,8-10H,6-7H2,1H3,(H,15,16). The third-order valence-corrected chi connectivity index (χ3v) is 3.91. The summed E-state index contributed by atoms with van der Waals surface area (Å²) < 4.78 is 0. The van der Waals surface area contributed by atoms with Crippen LogP contribution in [0, 0.1) is 5.92 Å². The van der Waals surface area contributed by atoms with E-state index < -0.39 is 0 Å². The summed E-state index contributed by atoms with van der Waals surface area (Å²) >= 11 is 1.66. The first-order valence-electron chi connectivity index (χ1n) is 5.95. The Kier molecular flexibility index (Phi) is 2.81. The molecule has 4 heteroatoms. The quantitative estimate of drug-likeness (QED) is 0.900. The molecule has 3 nitrogen and oxygen atoms in total. The summed E-state index contributed by atoms with van der Waals surface area (Å²) in [5.74, 6) is 0.864. The highest BCUT2D eigenvalue weighted by Gasteiger charge is 2.25. The summed E-state index contributed by atoms with van der Waals surface area (Å²) in [6, 6.07) is 6.52. The van der Waals surface area contributed by atoms with E-state index in [1.807, 2.05) is 18.2 Å². The fourth-order valence-electron chi connectivity index (χ4n) is 2.17. The van der Waals surface area contributed by atoms with Crippen LogP contribution in [-0.4, -0.2) is 16.0 Å². The van der Waals surface area contributed by atoms with Crippen LogP contribution in [0.25, 0.3) is 11.4 Å². The van der Waals surface area contributed by atoms with E-state index in [9.17, 15) is 0 Å². The van der Waals surface area contributed by atoms with E-state index in [1.54, 1.807) is 17.5 Å². The van der Waals surface area contributed by atoms with Gasteiger partial charge in [0.15, 0.2) is 5.13 Å². The number of anilines is 1. The Labute approximate surface area is 105 Å². The third-order valence-electron chi connectivity index (χ3n) is 3.13. The molecule has 0 spiro atoms. The van der Waals surface area contributed by atoms with Crippen molar-refractivity contribution in [2.45, 2.75) is 25.8 Å². The van der Waals surface area contributed by atoms with Gasteiger partial charge in [-0.3, -0.25) is 4.98 Å². The normalized spacial score (nSPS) is 23.1. The van der Waals surface area contributed by atoms with E-state index in [4.69, 9.17) is 0 Å². The highest BCUT2D eigenvalue weighted by Crippen LogP contribution is 2.31. The minimum Gasteiger partial charge on any atom is -0.359 e. The van der Waals surface area contributed by atoms with E-state index in [1.165, 1.54) is 12.8 Å². The van der Waals surface area contributed by atoms with Gasteiger partial charge in [-0.05, 0) is 30.9 Å². The molecular weight excluding hydrogens is 230 g/mol. The maximum Gasteiger partial charge on any atom is 0.183 e. The third kappa shape index (κ3) is 2.31. The summed E-state index contributed by atoms with van der Waals surface area (Å²) in [5, 5.41) is 6.56. The molecule has 1 aliphatic carbocycles. The summed E-state index contributed by atoms with van der Waals surface area (Å²) in [6.07, 6.45) is 4.33. The van der Waals surface area contributed by atoms with Crippen LogP contribution in [0.5, 0.6) is 0 Å². The Morgan fingerprint density at radius 2 is 2.18 bits per heavy atom. The van der Waals surface area contributed by atoms with Gasteiger partial charge in [-0.2, -0.15) is 0 Å². The first kappa shape index (κ1) is 10.7. The van der Waals surface area contributed by atoms with Crippen molar-refractivity contribution in [1.29, 1.82) is 0 Å². The van der Waals surface area contributed by atoms with Crippen LogP contribution in [0.1, 0.15) is 19.8 Å². The largest absolute Gasteiger partial charge is 0.359 e. The lowest BCUT2D eigenvalue weighted by Crippen LogP contribution is -2.33. The van der Waals surface area contributed by atoms with E-state index >= 15 is 0 Å². The molecule has 0 aromatic carbocycles. The molecule has 0 saturated heterocycles. The molecule has 0 bridgehead atoms. The summed E-state index contributed by atoms with van der Waals surface area (Å²) in [6.45, 7) is 2.29. The minimum absolute atomic E-state index is 0.618. The lowest BCUT2D eigenvalue weighted by molar-refractivity contribution is 0.309. The zero-order chi connectivity index (χ0) is 11.7. The van der Waals surface area contributed by atoms with Gasteiger partial charge in [-0.25, -0.2) is 4.98 Å². The van der Waals surface area contributed by atoms with Crippen molar-refractivity contribution in [1.82, 2.24) is 9.97 Å². The molecule has 2 heterocycles. The Balaban J connectivity index is 1.70. The Bertz CT molecular complexity index is 488. The molecular formula is C13H15N3S. The number of hydrogen-bond acceptors (Lipinski definition) is 4. The van der Waals surface area contributed by atoms with Crippen LogP contribution in [0.4, 0.5) is 5.13 Å². The van der Waals surface area contributed by atoms with E-state index in [0.717, 1.165) is 22.4 Å². The molecule has 2 aromatic heterocycles. The molecule has 1 N–H and O–H groups in total. The van der Waals surface area contributed by atoms with Crippen LogP contribution in [-0.2, 0) is 0 Å². The van der Waals surface area contributed by atoms with Gasteiger partial charge in [0.2, 0.25) is 0 Å². The first-order valence-corrected chi connectivity index (χ1v) is 6.82. The number of nitrogens with one attached hydrogen (secondary N) is 1. The number of aromatic nitrogens is 2. The first-order chi connectivity index (χ1) is 8.31. The van der Waals surface area contributed by atoms with Crippen molar-refractivity contribution in [2.24, 2.45) is 5.92 Å². The molecule has 0 atom stereocenters. The highest BCUT2D eigenvalue weighted by atomic mass is 32.1. The van der Waals surface area contributed by atoms with Gasteiger partial charge in [0.1, 0.15) is 5.69 Å². The Morgan fingerprint density at radius 1 is 1.29 bits per heavy atom. The fourth-order valence-corrected chi connectivity index (χ4v) is 2.95. The maximum absolute atomic E-state index is 4.57. The second-order valence-electron chi connectivity index (χ2n) is 4.67. The topological polar surface area (TPSA) is 37.8 Å². The summed E-state index contributed by atoms with van der Waals surface area (Å²) in [4.78, 5) is 8.88. The monoisotopic (exact) mass is 245 g/mol. The summed E-state index contributed by atoms with van der Waals surface area (Å²) in [7, 11) is 0. The predicted molar refractivity (Wildman–Crippen MR) is 71.2 cm³/mol. The molecule has 17 heavy (non-hydrogen) atoms. The van der Waals surface area contributed by atoms with Gasteiger partial charge in [-0.15, -0.1) is 11.3 Å². The van der Waals surface area contributed by atoms with E-state index in [2.05, 4.69) is 27.6 Å². The van der Waals surface area contributed by atoms with E-state index in [0.29, 0.717) is 6.04 Å². The molecule has 0 radical (unpaired) electrons. The zero-order valence-electron chi connectivity index (χ0n) is 9.76. The van der Waals surface area contributed by atoms with Gasteiger partial charge in [0.05, 0.1) is 5.69 Å². The second kappa shape index (κ2) is 4.45. The van der Waals surface area contributed by atoms with Crippen molar-refractivity contribution in [3.05, 3.63) is 29.8 Å². The molecule has 0 amide bonds.